The van der Waals surface area contributed by atoms with Gasteiger partial charge in [0.15, 0.2) is 0 Å². The highest BCUT2D eigenvalue weighted by Crippen LogP contribution is 2.15. The maximum Gasteiger partial charge on any atom is 0.238 e. The van der Waals surface area contributed by atoms with Crippen molar-refractivity contribution in [3.05, 3.63) is 53.9 Å². The third-order valence-corrected chi connectivity index (χ3v) is 4.64. The van der Waals surface area contributed by atoms with Crippen LogP contribution in [0, 0.1) is 6.92 Å². The lowest BCUT2D eigenvalue weighted by Crippen LogP contribution is -2.48. The monoisotopic (exact) mass is 381 g/mol. The molecule has 3 rings (SSSR count). The fourth-order valence-corrected chi connectivity index (χ4v) is 3.35. The van der Waals surface area contributed by atoms with Crippen LogP contribution in [0.2, 0.25) is 0 Å². The number of aromatic nitrogens is 1. The Labute approximate surface area is 165 Å². The van der Waals surface area contributed by atoms with Gasteiger partial charge in [-0.05, 0) is 36.2 Å². The molecule has 0 bridgehead atoms. The number of nitrogens with one attached hydrogen (secondary N) is 2. The molecular weight excluding hydrogens is 354 g/mol. The smallest absolute Gasteiger partial charge is 0.238 e. The first kappa shape index (κ1) is 20.0. The quantitative estimate of drug-likeness (QED) is 0.801. The Morgan fingerprint density at radius 3 is 2.36 bits per heavy atom. The van der Waals surface area contributed by atoms with E-state index in [-0.39, 0.29) is 11.8 Å². The van der Waals surface area contributed by atoms with E-state index in [9.17, 15) is 9.59 Å². The van der Waals surface area contributed by atoms with Gasteiger partial charge in [-0.3, -0.25) is 24.4 Å². The topological polar surface area (TPSA) is 77.6 Å². The molecule has 7 heteroatoms. The van der Waals surface area contributed by atoms with Gasteiger partial charge in [-0.2, -0.15) is 0 Å². The number of hydrogen-bond donors (Lipinski definition) is 2. The van der Waals surface area contributed by atoms with Crippen molar-refractivity contribution in [1.29, 1.82) is 0 Å². The number of piperazine rings is 1. The summed E-state index contributed by atoms with van der Waals surface area (Å²) in [6.45, 7) is 8.35. The average Bonchev–Trinajstić information content (AvgIpc) is 2.63. The van der Waals surface area contributed by atoms with E-state index < -0.39 is 0 Å². The summed E-state index contributed by atoms with van der Waals surface area (Å²) in [5.74, 6) is -0.181. The maximum absolute atomic E-state index is 12.4. The fraction of sp³-hybridized carbons (Fsp3) is 0.381. The van der Waals surface area contributed by atoms with E-state index in [1.807, 2.05) is 18.5 Å². The van der Waals surface area contributed by atoms with E-state index in [4.69, 9.17) is 0 Å². The number of pyridine rings is 1. The largest absolute Gasteiger partial charge is 0.326 e. The van der Waals surface area contributed by atoms with Crippen LogP contribution in [0.1, 0.15) is 18.1 Å². The number of carbonyl (C=O) groups is 2. The number of benzene rings is 1. The molecule has 1 aliphatic heterocycles. The number of carbonyl (C=O) groups excluding carboxylic acids is 2. The highest BCUT2D eigenvalue weighted by molar-refractivity contribution is 5.94. The molecule has 0 aliphatic carbocycles. The molecule has 0 spiro atoms. The second kappa shape index (κ2) is 9.43. The molecule has 0 unspecified atom stereocenters. The summed E-state index contributed by atoms with van der Waals surface area (Å²) in [6.07, 6.45) is 3.79. The zero-order valence-corrected chi connectivity index (χ0v) is 16.4. The lowest BCUT2D eigenvalue weighted by molar-refractivity contribution is -0.117. The van der Waals surface area contributed by atoms with Crippen molar-refractivity contribution >= 4 is 23.2 Å². The summed E-state index contributed by atoms with van der Waals surface area (Å²) in [5.41, 5.74) is 3.76. The first-order chi connectivity index (χ1) is 13.5. The molecule has 1 fully saturated rings. The summed E-state index contributed by atoms with van der Waals surface area (Å²) in [4.78, 5) is 32.3. The Bertz CT molecular complexity index is 831. The molecule has 1 saturated heterocycles. The van der Waals surface area contributed by atoms with Gasteiger partial charge in [-0.25, -0.2) is 0 Å². The van der Waals surface area contributed by atoms with E-state index in [0.29, 0.717) is 17.9 Å². The lowest BCUT2D eigenvalue weighted by Gasteiger charge is -2.34. The zero-order chi connectivity index (χ0) is 19.9. The van der Waals surface area contributed by atoms with Crippen LogP contribution in [-0.4, -0.2) is 59.3 Å². The second-order valence-electron chi connectivity index (χ2n) is 7.23. The first-order valence-corrected chi connectivity index (χ1v) is 9.51. The molecule has 1 aromatic heterocycles. The van der Waals surface area contributed by atoms with Crippen molar-refractivity contribution in [3.63, 3.8) is 0 Å². The summed E-state index contributed by atoms with van der Waals surface area (Å²) in [7, 11) is 0. The van der Waals surface area contributed by atoms with Crippen LogP contribution < -0.4 is 10.6 Å². The molecule has 7 nitrogen and oxygen atoms in total. The molecule has 148 valence electrons. The lowest BCUT2D eigenvalue weighted by atomic mass is 10.2. The van der Waals surface area contributed by atoms with Crippen molar-refractivity contribution in [1.82, 2.24) is 14.8 Å². The summed E-state index contributed by atoms with van der Waals surface area (Å²) in [6, 6.07) is 9.34. The van der Waals surface area contributed by atoms with Crippen LogP contribution in [0.5, 0.6) is 0 Å². The first-order valence-electron chi connectivity index (χ1n) is 9.51. The van der Waals surface area contributed by atoms with E-state index in [1.165, 1.54) is 18.1 Å². The Balaban J connectivity index is 1.44. The van der Waals surface area contributed by atoms with Crippen LogP contribution in [0.15, 0.2) is 42.7 Å². The molecule has 0 atom stereocenters. The molecule has 28 heavy (non-hydrogen) atoms. The highest BCUT2D eigenvalue weighted by atomic mass is 16.2. The van der Waals surface area contributed by atoms with E-state index in [2.05, 4.69) is 38.4 Å². The van der Waals surface area contributed by atoms with Gasteiger partial charge in [0.1, 0.15) is 0 Å². The molecule has 0 saturated carbocycles. The van der Waals surface area contributed by atoms with Crippen molar-refractivity contribution in [2.45, 2.75) is 20.4 Å². The minimum Gasteiger partial charge on any atom is -0.326 e. The van der Waals surface area contributed by atoms with Gasteiger partial charge in [-0.15, -0.1) is 0 Å². The Hall–Kier alpha value is -2.77. The fourth-order valence-electron chi connectivity index (χ4n) is 3.35. The van der Waals surface area contributed by atoms with Crippen LogP contribution in [0.4, 0.5) is 11.4 Å². The summed E-state index contributed by atoms with van der Waals surface area (Å²) in [5, 5.41) is 5.62. The van der Waals surface area contributed by atoms with Crippen molar-refractivity contribution in [2.24, 2.45) is 0 Å². The molecule has 2 amide bonds. The Kier molecular flexibility index (Phi) is 6.73. The number of anilines is 2. The maximum atomic E-state index is 12.4. The molecule has 1 aliphatic rings. The summed E-state index contributed by atoms with van der Waals surface area (Å²) < 4.78 is 0. The average molecular weight is 381 g/mol. The predicted molar refractivity (Wildman–Crippen MR) is 110 cm³/mol. The number of nitrogens with zero attached hydrogens (tertiary/aromatic N) is 3. The van der Waals surface area contributed by atoms with Gasteiger partial charge in [0.05, 0.1) is 6.54 Å². The van der Waals surface area contributed by atoms with Crippen LogP contribution in [-0.2, 0) is 16.1 Å². The van der Waals surface area contributed by atoms with Crippen molar-refractivity contribution in [2.75, 3.05) is 43.4 Å². The Morgan fingerprint density at radius 1 is 1.00 bits per heavy atom. The molecule has 2 N–H and O–H groups in total. The number of hydrogen-bond acceptors (Lipinski definition) is 5. The SMILES string of the molecule is CC(=O)Nc1cccc(NC(=O)CN2CCN(Cc3cncc(C)c3)CC2)c1. The van der Waals surface area contributed by atoms with Crippen LogP contribution >= 0.6 is 0 Å². The van der Waals surface area contributed by atoms with Crippen molar-refractivity contribution in [3.8, 4) is 0 Å². The molecular formula is C21H27N5O2. The van der Waals surface area contributed by atoms with Gasteiger partial charge < -0.3 is 10.6 Å². The molecule has 1 aromatic carbocycles. The number of rotatable bonds is 6. The zero-order valence-electron chi connectivity index (χ0n) is 16.4. The standard InChI is InChI=1S/C21H27N5O2/c1-16-10-18(13-22-12-16)14-25-6-8-26(9-7-25)15-21(28)24-20-5-3-4-19(11-20)23-17(2)27/h3-5,10-13H,6-9,14-15H2,1-2H3,(H,23,27)(H,24,28). The van der Waals surface area contributed by atoms with Crippen LogP contribution in [0.25, 0.3) is 0 Å². The number of aryl methyl sites for hydroxylation is 1. The third-order valence-electron chi connectivity index (χ3n) is 4.64. The predicted octanol–water partition coefficient (Wildman–Crippen LogP) is 2.10. The third kappa shape index (κ3) is 6.14. The van der Waals surface area contributed by atoms with E-state index >= 15 is 0 Å². The molecule has 0 radical (unpaired) electrons. The van der Waals surface area contributed by atoms with Gasteiger partial charge in [0.2, 0.25) is 11.8 Å². The minimum absolute atomic E-state index is 0.0451. The van der Waals surface area contributed by atoms with Crippen LogP contribution in [0.3, 0.4) is 0 Å². The highest BCUT2D eigenvalue weighted by Gasteiger charge is 2.19. The minimum atomic E-state index is -0.136. The number of amides is 2. The van der Waals surface area contributed by atoms with Gasteiger partial charge in [-0.1, -0.05) is 12.1 Å². The van der Waals surface area contributed by atoms with E-state index in [0.717, 1.165) is 32.7 Å². The summed E-state index contributed by atoms with van der Waals surface area (Å²) >= 11 is 0. The Morgan fingerprint density at radius 2 is 1.68 bits per heavy atom. The second-order valence-corrected chi connectivity index (χ2v) is 7.23. The van der Waals surface area contributed by atoms with Gasteiger partial charge >= 0.3 is 0 Å². The molecule has 2 aromatic rings. The molecule has 2 heterocycles. The normalized spacial score (nSPS) is 15.2. The van der Waals surface area contributed by atoms with Gasteiger partial charge in [0, 0.05) is 63.4 Å². The van der Waals surface area contributed by atoms with Crippen molar-refractivity contribution < 1.29 is 9.59 Å². The van der Waals surface area contributed by atoms with E-state index in [1.54, 1.807) is 18.2 Å². The van der Waals surface area contributed by atoms with Gasteiger partial charge in [0.25, 0.3) is 0 Å².